The molecule has 0 unspecified atom stereocenters. The zero-order valence-corrected chi connectivity index (χ0v) is 20.4. The van der Waals surface area contributed by atoms with Gasteiger partial charge in [0.05, 0.1) is 0 Å². The first-order valence-electron chi connectivity index (χ1n) is 11.4. The molecule has 0 aromatic rings. The second-order valence-electron chi connectivity index (χ2n) is 12.6. The van der Waals surface area contributed by atoms with Crippen molar-refractivity contribution < 1.29 is 9.22 Å². The Kier molecular flexibility index (Phi) is 5.34. The molecule has 0 spiro atoms. The van der Waals surface area contributed by atoms with Gasteiger partial charge in [-0.2, -0.15) is 0 Å². The molecule has 0 bridgehead atoms. The highest BCUT2D eigenvalue weighted by atomic mass is 28.4. The first-order chi connectivity index (χ1) is 12.2. The van der Waals surface area contributed by atoms with Crippen LogP contribution in [0.5, 0.6) is 0 Å². The molecule has 0 heterocycles. The molecule has 0 saturated heterocycles. The summed E-state index contributed by atoms with van der Waals surface area (Å²) in [5, 5.41) is 0.157. The van der Waals surface area contributed by atoms with Crippen LogP contribution in [0.3, 0.4) is 0 Å². The lowest BCUT2D eigenvalue weighted by Crippen LogP contribution is -2.56. The maximum absolute atomic E-state index is 13.3. The molecule has 3 heteroatoms. The lowest BCUT2D eigenvalue weighted by molar-refractivity contribution is -0.147. The molecule has 3 aliphatic carbocycles. The first kappa shape index (κ1) is 21.6. The Balaban J connectivity index is 1.85. The van der Waals surface area contributed by atoms with Crippen LogP contribution in [0.15, 0.2) is 0 Å². The van der Waals surface area contributed by atoms with Crippen LogP contribution >= 0.6 is 0 Å². The molecule has 3 aliphatic rings. The number of hydrogen-bond acceptors (Lipinski definition) is 2. The molecule has 0 amide bonds. The zero-order valence-electron chi connectivity index (χ0n) is 19.4. The molecule has 0 aliphatic heterocycles. The van der Waals surface area contributed by atoms with Gasteiger partial charge in [0.25, 0.3) is 0 Å². The van der Waals surface area contributed by atoms with Gasteiger partial charge in [-0.05, 0) is 84.7 Å². The predicted molar refractivity (Wildman–Crippen MR) is 116 cm³/mol. The maximum atomic E-state index is 13.3. The van der Waals surface area contributed by atoms with Crippen LogP contribution in [0.1, 0.15) is 87.0 Å². The van der Waals surface area contributed by atoms with Crippen molar-refractivity contribution in [3.63, 3.8) is 0 Å². The highest BCUT2D eigenvalue weighted by Gasteiger charge is 2.60. The van der Waals surface area contributed by atoms with Gasteiger partial charge in [0.15, 0.2) is 14.1 Å². The van der Waals surface area contributed by atoms with Gasteiger partial charge >= 0.3 is 0 Å². The second kappa shape index (κ2) is 6.69. The monoisotopic (exact) mass is 392 g/mol. The second-order valence-corrected chi connectivity index (χ2v) is 17.4. The molecule has 3 fully saturated rings. The van der Waals surface area contributed by atoms with Gasteiger partial charge in [0, 0.05) is 6.42 Å². The van der Waals surface area contributed by atoms with Crippen molar-refractivity contribution in [2.75, 3.05) is 0 Å². The van der Waals surface area contributed by atoms with Crippen LogP contribution in [0, 0.1) is 34.5 Å². The molecule has 156 valence electrons. The molecule has 0 aromatic heterocycles. The van der Waals surface area contributed by atoms with Gasteiger partial charge in [-0.3, -0.25) is 4.79 Å². The Labute approximate surface area is 169 Å². The molecule has 3 saturated carbocycles. The molecule has 0 N–H and O–H groups in total. The van der Waals surface area contributed by atoms with Crippen LogP contribution in [0.4, 0.5) is 0 Å². The molecule has 2 nitrogen and oxygen atoms in total. The average Bonchev–Trinajstić information content (AvgIpc) is 2.86. The van der Waals surface area contributed by atoms with Crippen molar-refractivity contribution in [3.8, 4) is 0 Å². The summed E-state index contributed by atoms with van der Waals surface area (Å²) < 4.78 is 6.67. The van der Waals surface area contributed by atoms with E-state index in [1.54, 1.807) is 0 Å². The van der Waals surface area contributed by atoms with E-state index in [2.05, 4.69) is 61.6 Å². The Morgan fingerprint density at radius 2 is 1.67 bits per heavy atom. The summed E-state index contributed by atoms with van der Waals surface area (Å²) >= 11 is 0. The minimum Gasteiger partial charge on any atom is -0.407 e. The normalized spacial score (nSPS) is 43.0. The Morgan fingerprint density at radius 3 is 2.22 bits per heavy atom. The third kappa shape index (κ3) is 3.61. The lowest BCUT2D eigenvalue weighted by Gasteiger charge is -2.57. The number of fused-ring (bicyclic) bond motifs is 3. The van der Waals surface area contributed by atoms with Gasteiger partial charge in [0.1, 0.15) is 6.10 Å². The fourth-order valence-corrected chi connectivity index (χ4v) is 7.81. The molecular weight excluding hydrogens is 348 g/mol. The first-order valence-corrected chi connectivity index (χ1v) is 14.3. The van der Waals surface area contributed by atoms with Gasteiger partial charge in [0.2, 0.25) is 0 Å². The van der Waals surface area contributed by atoms with Crippen molar-refractivity contribution in [2.24, 2.45) is 34.5 Å². The lowest BCUT2D eigenvalue weighted by atomic mass is 9.48. The SMILES string of the molecule is CC(C)[C@@H]1CC[C@]2(C)CC[C@@]3(C)C[C@@H](O[Si](C)(C)C(C)(C)C)C(=O)C[C@@H]3[C@@H]12. The van der Waals surface area contributed by atoms with E-state index in [-0.39, 0.29) is 16.6 Å². The van der Waals surface area contributed by atoms with E-state index in [0.29, 0.717) is 17.1 Å². The van der Waals surface area contributed by atoms with E-state index in [4.69, 9.17) is 4.43 Å². The maximum Gasteiger partial charge on any atom is 0.193 e. The van der Waals surface area contributed by atoms with E-state index in [1.807, 2.05) is 0 Å². The summed E-state index contributed by atoms with van der Waals surface area (Å²) in [7, 11) is -1.92. The number of rotatable bonds is 3. The van der Waals surface area contributed by atoms with Crippen molar-refractivity contribution in [3.05, 3.63) is 0 Å². The van der Waals surface area contributed by atoms with Crippen LogP contribution < -0.4 is 0 Å². The van der Waals surface area contributed by atoms with Gasteiger partial charge < -0.3 is 4.43 Å². The number of Topliss-reactive ketones (excluding diaryl/α,β-unsaturated/α-hetero) is 1. The third-order valence-electron chi connectivity index (χ3n) is 9.44. The predicted octanol–water partition coefficient (Wildman–Crippen LogP) is 6.84. The minimum atomic E-state index is -1.92. The van der Waals surface area contributed by atoms with Crippen LogP contribution in [-0.4, -0.2) is 20.2 Å². The summed E-state index contributed by atoms with van der Waals surface area (Å²) in [4.78, 5) is 13.3. The minimum absolute atomic E-state index is 0.157. The smallest absolute Gasteiger partial charge is 0.193 e. The quantitative estimate of drug-likeness (QED) is 0.491. The average molecular weight is 393 g/mol. The van der Waals surface area contributed by atoms with Crippen molar-refractivity contribution in [2.45, 2.75) is 111 Å². The van der Waals surface area contributed by atoms with E-state index in [1.165, 1.54) is 25.7 Å². The zero-order chi connectivity index (χ0) is 20.4. The van der Waals surface area contributed by atoms with E-state index >= 15 is 0 Å². The summed E-state index contributed by atoms with van der Waals surface area (Å²) in [6, 6.07) is 0. The van der Waals surface area contributed by atoms with Crippen molar-refractivity contribution in [1.29, 1.82) is 0 Å². The number of carbonyl (C=O) groups excluding carboxylic acids is 1. The van der Waals surface area contributed by atoms with Crippen LogP contribution in [0.2, 0.25) is 18.1 Å². The molecule has 0 radical (unpaired) electrons. The van der Waals surface area contributed by atoms with Crippen LogP contribution in [0.25, 0.3) is 0 Å². The van der Waals surface area contributed by atoms with Crippen molar-refractivity contribution in [1.82, 2.24) is 0 Å². The van der Waals surface area contributed by atoms with Crippen molar-refractivity contribution >= 4 is 14.1 Å². The molecule has 6 atom stereocenters. The Morgan fingerprint density at radius 1 is 1.07 bits per heavy atom. The highest BCUT2D eigenvalue weighted by molar-refractivity contribution is 6.74. The summed E-state index contributed by atoms with van der Waals surface area (Å²) in [5.74, 6) is 3.23. The van der Waals surface area contributed by atoms with Gasteiger partial charge in [-0.25, -0.2) is 0 Å². The van der Waals surface area contributed by atoms with E-state index in [9.17, 15) is 4.79 Å². The summed E-state index contributed by atoms with van der Waals surface area (Å²) in [6.07, 6.45) is 6.92. The number of hydrogen-bond donors (Lipinski definition) is 0. The van der Waals surface area contributed by atoms with E-state index in [0.717, 1.165) is 30.6 Å². The van der Waals surface area contributed by atoms with Crippen LogP contribution in [-0.2, 0) is 9.22 Å². The topological polar surface area (TPSA) is 26.3 Å². The summed E-state index contributed by atoms with van der Waals surface area (Å²) in [5.41, 5.74) is 0.745. The fraction of sp³-hybridized carbons (Fsp3) is 0.958. The Bertz CT molecular complexity index is 590. The molecule has 27 heavy (non-hydrogen) atoms. The van der Waals surface area contributed by atoms with Gasteiger partial charge in [-0.1, -0.05) is 48.5 Å². The fourth-order valence-electron chi connectivity index (χ4n) is 6.53. The van der Waals surface area contributed by atoms with Gasteiger partial charge in [-0.15, -0.1) is 0 Å². The number of ketones is 1. The molecular formula is C24H44O2Si. The highest BCUT2D eigenvalue weighted by Crippen LogP contribution is 2.66. The summed E-state index contributed by atoms with van der Waals surface area (Å²) in [6.45, 7) is 21.2. The third-order valence-corrected chi connectivity index (χ3v) is 13.9. The van der Waals surface area contributed by atoms with E-state index < -0.39 is 8.32 Å². The largest absolute Gasteiger partial charge is 0.407 e. The molecule has 0 aromatic carbocycles. The number of carbonyl (C=O) groups is 1. The Hall–Kier alpha value is -0.153. The standard InChI is InChI=1S/C24H44O2Si/c1-16(2)17-10-11-23(6)12-13-24(7)15-20(19(25)14-18(24)21(17)23)26-27(8,9)22(3,4)5/h16-18,20-21H,10-15H2,1-9H3/t17-,18+,20+,21+,23+,24-/m0/s1. The molecule has 3 rings (SSSR count).